The van der Waals surface area contributed by atoms with E-state index in [-0.39, 0.29) is 25.0 Å². The van der Waals surface area contributed by atoms with Gasteiger partial charge in [0, 0.05) is 20.0 Å². The number of nitrogens with zero attached hydrogens (tertiary/aromatic N) is 3. The van der Waals surface area contributed by atoms with E-state index in [1.54, 1.807) is 0 Å². The van der Waals surface area contributed by atoms with Crippen LogP contribution >= 0.6 is 11.7 Å². The fourth-order valence-electron chi connectivity index (χ4n) is 1.84. The Bertz CT molecular complexity index is 467. The number of aliphatic hydroxyl groups excluding tert-OH is 1. The van der Waals surface area contributed by atoms with Crippen LogP contribution in [0, 0.1) is 0 Å². The molecule has 2 unspecified atom stereocenters. The van der Waals surface area contributed by atoms with Crippen LogP contribution in [0.1, 0.15) is 12.8 Å². The first-order chi connectivity index (χ1) is 9.58. The lowest BCUT2D eigenvalue weighted by Crippen LogP contribution is -2.53. The number of hydrogen-bond acceptors (Lipinski definition) is 8. The average molecular weight is 300 g/mol. The van der Waals surface area contributed by atoms with E-state index < -0.39 is 12.1 Å². The molecule has 0 aliphatic carbocycles. The highest BCUT2D eigenvalue weighted by Crippen LogP contribution is 2.11. The van der Waals surface area contributed by atoms with Crippen molar-refractivity contribution in [3.63, 3.8) is 0 Å². The number of likely N-dealkylation sites (N-methyl/N-ethyl adjacent to an activating group) is 1. The zero-order chi connectivity index (χ0) is 14.5. The summed E-state index contributed by atoms with van der Waals surface area (Å²) in [4.78, 5) is 24.2. The van der Waals surface area contributed by atoms with Gasteiger partial charge in [-0.2, -0.15) is 4.37 Å². The third kappa shape index (κ3) is 3.71. The highest BCUT2D eigenvalue weighted by molar-refractivity contribution is 6.99. The Balaban J connectivity index is 1.71. The molecule has 110 valence electrons. The average Bonchev–Trinajstić information content (AvgIpc) is 2.95. The van der Waals surface area contributed by atoms with Gasteiger partial charge in [0.05, 0.1) is 17.8 Å². The first-order valence-electron chi connectivity index (χ1n) is 6.20. The molecule has 0 spiro atoms. The molecule has 1 aliphatic heterocycles. The first kappa shape index (κ1) is 14.8. The van der Waals surface area contributed by atoms with Gasteiger partial charge in [-0.25, -0.2) is 0 Å². The van der Waals surface area contributed by atoms with Crippen molar-refractivity contribution in [1.82, 2.24) is 19.0 Å². The van der Waals surface area contributed by atoms with E-state index in [0.717, 1.165) is 16.6 Å². The zero-order valence-electron chi connectivity index (χ0n) is 11.0. The number of ether oxygens (including phenoxy) is 1. The monoisotopic (exact) mass is 300 g/mol. The maximum atomic E-state index is 11.8. The summed E-state index contributed by atoms with van der Waals surface area (Å²) in [6.45, 7) is 0.268. The van der Waals surface area contributed by atoms with Gasteiger partial charge in [0.15, 0.2) is 0 Å². The Morgan fingerprint density at radius 3 is 3.15 bits per heavy atom. The van der Waals surface area contributed by atoms with Crippen LogP contribution < -0.4 is 10.1 Å². The molecule has 2 heterocycles. The third-order valence-electron chi connectivity index (χ3n) is 3.01. The second kappa shape index (κ2) is 6.73. The summed E-state index contributed by atoms with van der Waals surface area (Å²) >= 11 is 1.02. The van der Waals surface area contributed by atoms with Crippen molar-refractivity contribution in [3.8, 4) is 5.88 Å². The van der Waals surface area contributed by atoms with E-state index in [0.29, 0.717) is 18.7 Å². The van der Waals surface area contributed by atoms with Crippen molar-refractivity contribution in [2.45, 2.75) is 25.0 Å². The summed E-state index contributed by atoms with van der Waals surface area (Å²) in [6, 6.07) is -0.437. The first-order valence-corrected chi connectivity index (χ1v) is 6.93. The number of likely N-dealkylation sites (tertiary alicyclic amines) is 1. The Labute approximate surface area is 120 Å². The number of imide groups is 1. The molecule has 0 saturated carbocycles. The predicted octanol–water partition coefficient (Wildman–Crippen LogP) is -0.985. The summed E-state index contributed by atoms with van der Waals surface area (Å²) in [5.41, 5.74) is 0. The third-order valence-corrected chi connectivity index (χ3v) is 3.48. The van der Waals surface area contributed by atoms with E-state index in [1.165, 1.54) is 13.2 Å². The standard InChI is InChI=1S/C11H16N4O4S/c1-15-10(17)3-2-8(11(15)18)12-4-7(16)6-19-9-5-13-20-14-9/h5,7-8,12,16H,2-4,6H2,1H3. The van der Waals surface area contributed by atoms with E-state index in [1.807, 2.05) is 0 Å². The molecule has 1 aromatic rings. The fourth-order valence-corrected chi connectivity index (χ4v) is 2.21. The smallest absolute Gasteiger partial charge is 0.246 e. The molecule has 0 radical (unpaired) electrons. The summed E-state index contributed by atoms with van der Waals surface area (Å²) in [5.74, 6) is -0.0702. The minimum absolute atomic E-state index is 0.0636. The number of nitrogens with one attached hydrogen (secondary N) is 1. The lowest BCUT2D eigenvalue weighted by atomic mass is 10.0. The van der Waals surface area contributed by atoms with Gasteiger partial charge in [0.25, 0.3) is 0 Å². The summed E-state index contributed by atoms with van der Waals surface area (Å²) in [5, 5.41) is 12.7. The molecular weight excluding hydrogens is 284 g/mol. The zero-order valence-corrected chi connectivity index (χ0v) is 11.8. The fraction of sp³-hybridized carbons (Fsp3) is 0.636. The maximum Gasteiger partial charge on any atom is 0.246 e. The van der Waals surface area contributed by atoms with Gasteiger partial charge in [0.1, 0.15) is 18.9 Å². The van der Waals surface area contributed by atoms with Crippen molar-refractivity contribution < 1.29 is 19.4 Å². The van der Waals surface area contributed by atoms with E-state index >= 15 is 0 Å². The number of aromatic nitrogens is 2. The van der Waals surface area contributed by atoms with Crippen molar-refractivity contribution >= 4 is 23.5 Å². The number of hydrogen-bond donors (Lipinski definition) is 2. The van der Waals surface area contributed by atoms with Crippen LogP contribution in [0.15, 0.2) is 6.20 Å². The van der Waals surface area contributed by atoms with Gasteiger partial charge in [0.2, 0.25) is 17.7 Å². The molecule has 2 rings (SSSR count). The molecule has 0 bridgehead atoms. The van der Waals surface area contributed by atoms with Crippen LogP contribution in [0.25, 0.3) is 0 Å². The summed E-state index contributed by atoms with van der Waals surface area (Å²) in [6.07, 6.45) is 1.48. The minimum Gasteiger partial charge on any atom is -0.473 e. The molecule has 9 heteroatoms. The number of amides is 2. The second-order valence-corrected chi connectivity index (χ2v) is 5.06. The minimum atomic E-state index is -0.771. The Morgan fingerprint density at radius 1 is 1.65 bits per heavy atom. The lowest BCUT2D eigenvalue weighted by molar-refractivity contribution is -0.148. The topological polar surface area (TPSA) is 105 Å². The second-order valence-electron chi connectivity index (χ2n) is 4.50. The predicted molar refractivity (Wildman–Crippen MR) is 70.2 cm³/mol. The van der Waals surface area contributed by atoms with E-state index in [9.17, 15) is 14.7 Å². The number of piperidine rings is 1. The lowest BCUT2D eigenvalue weighted by Gasteiger charge is -2.28. The van der Waals surface area contributed by atoms with Crippen LogP contribution in [0.5, 0.6) is 5.88 Å². The van der Waals surface area contributed by atoms with Crippen molar-refractivity contribution in [1.29, 1.82) is 0 Å². The normalized spacial score (nSPS) is 21.1. The molecule has 2 N–H and O–H groups in total. The SMILES string of the molecule is CN1C(=O)CCC(NCC(O)COc2cnsn2)C1=O. The molecule has 1 saturated heterocycles. The number of carbonyl (C=O) groups excluding carboxylic acids is 2. The van der Waals surface area contributed by atoms with Crippen LogP contribution in [-0.4, -0.2) is 62.9 Å². The van der Waals surface area contributed by atoms with E-state index in [2.05, 4.69) is 14.1 Å². The van der Waals surface area contributed by atoms with Gasteiger partial charge in [-0.1, -0.05) is 0 Å². The van der Waals surface area contributed by atoms with Crippen molar-refractivity contribution in [2.24, 2.45) is 0 Å². The van der Waals surface area contributed by atoms with Gasteiger partial charge >= 0.3 is 0 Å². The maximum absolute atomic E-state index is 11.8. The highest BCUT2D eigenvalue weighted by atomic mass is 32.1. The van der Waals surface area contributed by atoms with Crippen molar-refractivity contribution in [3.05, 3.63) is 6.20 Å². The van der Waals surface area contributed by atoms with Crippen LogP contribution in [-0.2, 0) is 9.59 Å². The van der Waals surface area contributed by atoms with Crippen LogP contribution in [0.2, 0.25) is 0 Å². The van der Waals surface area contributed by atoms with Gasteiger partial charge in [-0.3, -0.25) is 14.5 Å². The molecule has 1 fully saturated rings. The quantitative estimate of drug-likeness (QED) is 0.650. The van der Waals surface area contributed by atoms with Gasteiger partial charge in [-0.15, -0.1) is 4.37 Å². The highest BCUT2D eigenvalue weighted by Gasteiger charge is 2.31. The number of carbonyl (C=O) groups is 2. The van der Waals surface area contributed by atoms with Crippen LogP contribution in [0.4, 0.5) is 0 Å². The summed E-state index contributed by atoms with van der Waals surface area (Å²) in [7, 11) is 1.47. The molecule has 1 aromatic heterocycles. The Morgan fingerprint density at radius 2 is 2.45 bits per heavy atom. The van der Waals surface area contributed by atoms with E-state index in [4.69, 9.17) is 4.74 Å². The van der Waals surface area contributed by atoms with Gasteiger partial charge < -0.3 is 15.2 Å². The Hall–Kier alpha value is -1.58. The molecule has 0 aromatic carbocycles. The molecular formula is C11H16N4O4S. The molecule has 2 amide bonds. The molecule has 1 aliphatic rings. The molecule has 20 heavy (non-hydrogen) atoms. The Kier molecular flexibility index (Phi) is 4.99. The molecule has 2 atom stereocenters. The number of rotatable bonds is 6. The number of aliphatic hydroxyl groups is 1. The summed E-state index contributed by atoms with van der Waals surface area (Å²) < 4.78 is 12.8. The molecule has 8 nitrogen and oxygen atoms in total. The van der Waals surface area contributed by atoms with Crippen LogP contribution in [0.3, 0.4) is 0 Å². The van der Waals surface area contributed by atoms with Crippen molar-refractivity contribution in [2.75, 3.05) is 20.2 Å². The largest absolute Gasteiger partial charge is 0.473 e. The van der Waals surface area contributed by atoms with Gasteiger partial charge in [-0.05, 0) is 6.42 Å².